The monoisotopic (exact) mass is 416 g/mol. The summed E-state index contributed by atoms with van der Waals surface area (Å²) in [5.41, 5.74) is 8.88. The second-order valence-electron chi connectivity index (χ2n) is 7.78. The van der Waals surface area contributed by atoms with E-state index in [1.165, 1.54) is 0 Å². The highest BCUT2D eigenvalue weighted by Gasteiger charge is 2.37. The van der Waals surface area contributed by atoms with Gasteiger partial charge in [-0.1, -0.05) is 43.3 Å². The van der Waals surface area contributed by atoms with Crippen molar-refractivity contribution < 1.29 is 9.26 Å². The molecular formula is C23H24N6O2. The van der Waals surface area contributed by atoms with Crippen LogP contribution in [0.15, 0.2) is 59.5 Å². The first-order valence-corrected chi connectivity index (χ1v) is 9.95. The van der Waals surface area contributed by atoms with Gasteiger partial charge in [-0.15, -0.1) is 0 Å². The van der Waals surface area contributed by atoms with Crippen LogP contribution in [0, 0.1) is 5.92 Å². The molecule has 2 N–H and O–H groups in total. The predicted molar refractivity (Wildman–Crippen MR) is 117 cm³/mol. The van der Waals surface area contributed by atoms with Crippen LogP contribution in [0.4, 0.5) is 5.95 Å². The van der Waals surface area contributed by atoms with Crippen molar-refractivity contribution >= 4 is 5.95 Å². The minimum Gasteiger partial charge on any atom is -0.481 e. The highest BCUT2D eigenvalue weighted by atomic mass is 16.5. The number of ether oxygens (including phenoxy) is 1. The van der Waals surface area contributed by atoms with Crippen molar-refractivity contribution in [2.24, 2.45) is 5.92 Å². The number of methoxy groups -OCH3 is 1. The van der Waals surface area contributed by atoms with Crippen LogP contribution in [0.2, 0.25) is 0 Å². The average molecular weight is 416 g/mol. The minimum absolute atomic E-state index is 0.220. The number of nitrogen functional groups attached to an aromatic ring is 1. The molecule has 4 aromatic rings. The number of pyridine rings is 1. The highest BCUT2D eigenvalue weighted by Crippen LogP contribution is 2.38. The largest absolute Gasteiger partial charge is 0.481 e. The van der Waals surface area contributed by atoms with E-state index in [1.54, 1.807) is 31.8 Å². The van der Waals surface area contributed by atoms with Crippen LogP contribution in [-0.4, -0.2) is 32.2 Å². The van der Waals surface area contributed by atoms with Gasteiger partial charge in [0.15, 0.2) is 5.82 Å². The second kappa shape index (κ2) is 8.14. The molecule has 0 aliphatic rings. The molecule has 8 heteroatoms. The Bertz CT molecular complexity index is 1150. The van der Waals surface area contributed by atoms with Crippen molar-refractivity contribution in [3.05, 3.63) is 66.4 Å². The number of hydrogen-bond acceptors (Lipinski definition) is 8. The standard InChI is InChI=1S/C23H24N6O2/c1-14(2)23(3,18-8-5-15(6-9-18)17-12-26-22(24)27-13-17)21-28-20(31-29-21)16-7-10-19(30-4)25-11-16/h5-14H,1-4H3,(H2,24,26,27). The van der Waals surface area contributed by atoms with Crippen LogP contribution in [0.5, 0.6) is 5.88 Å². The fourth-order valence-electron chi connectivity index (χ4n) is 3.40. The molecule has 8 nitrogen and oxygen atoms in total. The third-order valence-corrected chi connectivity index (χ3v) is 5.73. The highest BCUT2D eigenvalue weighted by molar-refractivity contribution is 5.62. The van der Waals surface area contributed by atoms with E-state index in [0.29, 0.717) is 17.6 Å². The maximum atomic E-state index is 5.59. The molecule has 0 saturated heterocycles. The Morgan fingerprint density at radius 1 is 0.903 bits per heavy atom. The first-order chi connectivity index (χ1) is 14.9. The van der Waals surface area contributed by atoms with Crippen LogP contribution in [0.1, 0.15) is 32.2 Å². The normalized spacial score (nSPS) is 13.2. The van der Waals surface area contributed by atoms with Gasteiger partial charge in [-0.3, -0.25) is 0 Å². The predicted octanol–water partition coefficient (Wildman–Crippen LogP) is 4.14. The third-order valence-electron chi connectivity index (χ3n) is 5.73. The molecule has 3 aromatic heterocycles. The number of benzene rings is 1. The molecule has 0 radical (unpaired) electrons. The van der Waals surface area contributed by atoms with Gasteiger partial charge >= 0.3 is 0 Å². The van der Waals surface area contributed by atoms with E-state index in [4.69, 9.17) is 20.0 Å². The van der Waals surface area contributed by atoms with E-state index in [9.17, 15) is 0 Å². The Balaban J connectivity index is 1.67. The van der Waals surface area contributed by atoms with Crippen molar-refractivity contribution in [2.75, 3.05) is 12.8 Å². The van der Waals surface area contributed by atoms with Crippen molar-refractivity contribution in [2.45, 2.75) is 26.2 Å². The lowest BCUT2D eigenvalue weighted by atomic mass is 9.72. The quantitative estimate of drug-likeness (QED) is 0.499. The molecule has 0 saturated carbocycles. The SMILES string of the molecule is COc1ccc(-c2nc(C(C)(c3ccc(-c4cnc(N)nc4)cc3)C(C)C)no2)cn1. The molecule has 3 heterocycles. The molecule has 158 valence electrons. The summed E-state index contributed by atoms with van der Waals surface area (Å²) in [6.07, 6.45) is 5.09. The maximum Gasteiger partial charge on any atom is 0.259 e. The van der Waals surface area contributed by atoms with Gasteiger partial charge in [0.2, 0.25) is 11.8 Å². The zero-order valence-corrected chi connectivity index (χ0v) is 17.9. The van der Waals surface area contributed by atoms with Gasteiger partial charge in [-0.05, 0) is 30.0 Å². The fourth-order valence-corrected chi connectivity index (χ4v) is 3.40. The summed E-state index contributed by atoms with van der Waals surface area (Å²) >= 11 is 0. The van der Waals surface area contributed by atoms with Gasteiger partial charge < -0.3 is 15.0 Å². The van der Waals surface area contributed by atoms with E-state index >= 15 is 0 Å². The Morgan fingerprint density at radius 2 is 1.55 bits per heavy atom. The molecule has 0 bridgehead atoms. The molecule has 0 spiro atoms. The Kier molecular flexibility index (Phi) is 5.37. The summed E-state index contributed by atoms with van der Waals surface area (Å²) in [5, 5.41) is 4.32. The summed E-state index contributed by atoms with van der Waals surface area (Å²) < 4.78 is 10.7. The van der Waals surface area contributed by atoms with E-state index in [1.807, 2.05) is 18.2 Å². The zero-order valence-electron chi connectivity index (χ0n) is 17.9. The number of aromatic nitrogens is 5. The first kappa shape index (κ1) is 20.5. The van der Waals surface area contributed by atoms with Gasteiger partial charge in [-0.2, -0.15) is 4.98 Å². The van der Waals surface area contributed by atoms with Crippen molar-refractivity contribution in [1.82, 2.24) is 25.1 Å². The van der Waals surface area contributed by atoms with Gasteiger partial charge in [0.25, 0.3) is 5.89 Å². The maximum absolute atomic E-state index is 5.59. The smallest absolute Gasteiger partial charge is 0.259 e. The summed E-state index contributed by atoms with van der Waals surface area (Å²) in [6, 6.07) is 11.9. The third kappa shape index (κ3) is 3.84. The lowest BCUT2D eigenvalue weighted by Crippen LogP contribution is -2.31. The van der Waals surface area contributed by atoms with Crippen molar-refractivity contribution in [3.63, 3.8) is 0 Å². The Hall–Kier alpha value is -3.81. The van der Waals surface area contributed by atoms with Gasteiger partial charge in [-0.25, -0.2) is 15.0 Å². The number of nitrogens with two attached hydrogens (primary N) is 1. The van der Waals surface area contributed by atoms with Crippen LogP contribution in [0.3, 0.4) is 0 Å². The van der Waals surface area contributed by atoms with Crippen LogP contribution in [-0.2, 0) is 5.41 Å². The van der Waals surface area contributed by atoms with E-state index in [-0.39, 0.29) is 11.9 Å². The van der Waals surface area contributed by atoms with Crippen LogP contribution >= 0.6 is 0 Å². The lowest BCUT2D eigenvalue weighted by molar-refractivity contribution is 0.350. The molecule has 31 heavy (non-hydrogen) atoms. The second-order valence-corrected chi connectivity index (χ2v) is 7.78. The summed E-state index contributed by atoms with van der Waals surface area (Å²) in [4.78, 5) is 17.1. The molecule has 0 fully saturated rings. The molecule has 0 aliphatic heterocycles. The Morgan fingerprint density at radius 3 is 2.13 bits per heavy atom. The van der Waals surface area contributed by atoms with E-state index < -0.39 is 5.41 Å². The lowest BCUT2D eigenvalue weighted by Gasteiger charge is -2.31. The number of nitrogens with zero attached hydrogens (tertiary/aromatic N) is 5. The minimum atomic E-state index is -0.447. The van der Waals surface area contributed by atoms with Crippen LogP contribution in [0.25, 0.3) is 22.6 Å². The van der Waals surface area contributed by atoms with E-state index in [2.05, 4.69) is 53.0 Å². The average Bonchev–Trinajstić information content (AvgIpc) is 3.30. The number of anilines is 1. The topological polar surface area (TPSA) is 113 Å². The zero-order chi connectivity index (χ0) is 22.0. The molecular weight excluding hydrogens is 392 g/mol. The summed E-state index contributed by atoms with van der Waals surface area (Å²) in [6.45, 7) is 6.42. The summed E-state index contributed by atoms with van der Waals surface area (Å²) in [7, 11) is 1.58. The van der Waals surface area contributed by atoms with Gasteiger partial charge in [0, 0.05) is 30.2 Å². The van der Waals surface area contributed by atoms with Gasteiger partial charge in [0.1, 0.15) is 0 Å². The molecule has 1 atom stereocenters. The molecule has 1 unspecified atom stereocenters. The molecule has 0 aliphatic carbocycles. The van der Waals surface area contributed by atoms with E-state index in [0.717, 1.165) is 22.3 Å². The Labute approximate surface area is 180 Å². The molecule has 1 aromatic carbocycles. The summed E-state index contributed by atoms with van der Waals surface area (Å²) in [5.74, 6) is 2.05. The van der Waals surface area contributed by atoms with Crippen molar-refractivity contribution in [1.29, 1.82) is 0 Å². The van der Waals surface area contributed by atoms with Crippen LogP contribution < -0.4 is 10.5 Å². The first-order valence-electron chi connectivity index (χ1n) is 9.95. The fraction of sp³-hybridized carbons (Fsp3) is 0.261. The molecule has 4 rings (SSSR count). The van der Waals surface area contributed by atoms with Gasteiger partial charge in [0.05, 0.1) is 18.1 Å². The number of rotatable bonds is 6. The van der Waals surface area contributed by atoms with Crippen molar-refractivity contribution in [3.8, 4) is 28.5 Å². The number of hydrogen-bond donors (Lipinski definition) is 1. The molecule has 0 amide bonds.